The Hall–Kier alpha value is -0.570. The van der Waals surface area contributed by atoms with Gasteiger partial charge in [-0.05, 0) is 18.8 Å². The molecule has 1 heterocycles. The van der Waals surface area contributed by atoms with E-state index in [2.05, 4.69) is 0 Å². The van der Waals surface area contributed by atoms with Crippen molar-refractivity contribution in [1.82, 2.24) is 4.90 Å². The molecule has 2 atom stereocenters. The summed E-state index contributed by atoms with van der Waals surface area (Å²) in [6, 6.07) is 0.544. The van der Waals surface area contributed by atoms with Crippen LogP contribution in [-0.4, -0.2) is 37.1 Å². The van der Waals surface area contributed by atoms with Crippen molar-refractivity contribution in [3.8, 4) is 0 Å². The highest BCUT2D eigenvalue weighted by Gasteiger charge is 2.41. The fourth-order valence-electron chi connectivity index (χ4n) is 2.67. The van der Waals surface area contributed by atoms with Crippen molar-refractivity contribution in [3.63, 3.8) is 0 Å². The Labute approximate surface area is 79.0 Å². The first kappa shape index (κ1) is 9.00. The third kappa shape index (κ3) is 1.57. The number of likely N-dealkylation sites (tertiary alicyclic amines) is 1. The molecule has 2 aliphatic rings. The summed E-state index contributed by atoms with van der Waals surface area (Å²) in [6.07, 6.45) is 4.54. The number of carbonyl (C=O) groups is 1. The Morgan fingerprint density at radius 2 is 2.38 bits per heavy atom. The highest BCUT2D eigenvalue weighted by molar-refractivity contribution is 5.79. The largest absolute Gasteiger partial charge is 0.383 e. The van der Waals surface area contributed by atoms with Crippen LogP contribution in [0, 0.1) is 5.92 Å². The van der Waals surface area contributed by atoms with Crippen LogP contribution in [0.2, 0.25) is 0 Å². The van der Waals surface area contributed by atoms with E-state index in [1.54, 1.807) is 7.11 Å². The molecule has 1 aliphatic heterocycles. The zero-order chi connectivity index (χ0) is 9.26. The maximum atomic E-state index is 11.6. The standard InChI is InChI=1S/C10H17NO2/c1-13-6-5-11-9-4-2-3-8(9)7-10(11)12/h8-9H,2-7H2,1H3. The third-order valence-electron chi connectivity index (χ3n) is 3.31. The van der Waals surface area contributed by atoms with Gasteiger partial charge in [0.1, 0.15) is 0 Å². The number of hydrogen-bond donors (Lipinski definition) is 0. The highest BCUT2D eigenvalue weighted by atomic mass is 16.5. The minimum atomic E-state index is 0.340. The number of amides is 1. The second kappa shape index (κ2) is 3.66. The molecule has 0 aromatic rings. The van der Waals surface area contributed by atoms with E-state index >= 15 is 0 Å². The minimum Gasteiger partial charge on any atom is -0.383 e. The lowest BCUT2D eigenvalue weighted by Crippen LogP contribution is -2.35. The molecule has 0 radical (unpaired) electrons. The molecule has 13 heavy (non-hydrogen) atoms. The highest BCUT2D eigenvalue weighted by Crippen LogP contribution is 2.38. The van der Waals surface area contributed by atoms with Crippen LogP contribution in [-0.2, 0) is 9.53 Å². The summed E-state index contributed by atoms with van der Waals surface area (Å²) in [5.41, 5.74) is 0. The summed E-state index contributed by atoms with van der Waals surface area (Å²) in [7, 11) is 1.69. The first-order valence-corrected chi connectivity index (χ1v) is 5.11. The van der Waals surface area contributed by atoms with Gasteiger partial charge in [0, 0.05) is 26.1 Å². The summed E-state index contributed by atoms with van der Waals surface area (Å²) >= 11 is 0. The Morgan fingerprint density at radius 3 is 3.15 bits per heavy atom. The van der Waals surface area contributed by atoms with Gasteiger partial charge < -0.3 is 9.64 Å². The van der Waals surface area contributed by atoms with E-state index < -0.39 is 0 Å². The van der Waals surface area contributed by atoms with Gasteiger partial charge in [-0.25, -0.2) is 0 Å². The van der Waals surface area contributed by atoms with Crippen LogP contribution < -0.4 is 0 Å². The number of methoxy groups -OCH3 is 1. The Balaban J connectivity index is 1.96. The number of fused-ring (bicyclic) bond motifs is 1. The zero-order valence-corrected chi connectivity index (χ0v) is 8.16. The monoisotopic (exact) mass is 183 g/mol. The van der Waals surface area contributed by atoms with Crippen molar-refractivity contribution < 1.29 is 9.53 Å². The topological polar surface area (TPSA) is 29.5 Å². The van der Waals surface area contributed by atoms with Crippen LogP contribution in [0.3, 0.4) is 0 Å². The van der Waals surface area contributed by atoms with E-state index in [9.17, 15) is 4.79 Å². The molecule has 2 fully saturated rings. The third-order valence-corrected chi connectivity index (χ3v) is 3.31. The molecule has 0 bridgehead atoms. The van der Waals surface area contributed by atoms with Crippen LogP contribution in [0.5, 0.6) is 0 Å². The number of ether oxygens (including phenoxy) is 1. The normalized spacial score (nSPS) is 32.7. The SMILES string of the molecule is COCCN1C(=O)CC2CCCC21. The molecular weight excluding hydrogens is 166 g/mol. The summed E-state index contributed by atoms with van der Waals surface area (Å²) in [6.45, 7) is 1.46. The quantitative estimate of drug-likeness (QED) is 0.654. The van der Waals surface area contributed by atoms with Crippen LogP contribution in [0.1, 0.15) is 25.7 Å². The van der Waals surface area contributed by atoms with Crippen molar-refractivity contribution in [2.75, 3.05) is 20.3 Å². The Morgan fingerprint density at radius 1 is 1.54 bits per heavy atom. The predicted octanol–water partition coefficient (Wildman–Crippen LogP) is 1.03. The lowest BCUT2D eigenvalue weighted by atomic mass is 10.0. The Kier molecular flexibility index (Phi) is 2.54. The van der Waals surface area contributed by atoms with Crippen molar-refractivity contribution in [2.45, 2.75) is 31.7 Å². The average molecular weight is 183 g/mol. The fraction of sp³-hybridized carbons (Fsp3) is 0.900. The van der Waals surface area contributed by atoms with Gasteiger partial charge in [0.15, 0.2) is 0 Å². The number of nitrogens with zero attached hydrogens (tertiary/aromatic N) is 1. The molecule has 0 spiro atoms. The smallest absolute Gasteiger partial charge is 0.223 e. The summed E-state index contributed by atoms with van der Waals surface area (Å²) in [4.78, 5) is 13.6. The van der Waals surface area contributed by atoms with Gasteiger partial charge in [-0.15, -0.1) is 0 Å². The number of hydrogen-bond acceptors (Lipinski definition) is 2. The van der Waals surface area contributed by atoms with Gasteiger partial charge in [0.2, 0.25) is 5.91 Å². The lowest BCUT2D eigenvalue weighted by molar-refractivity contribution is -0.129. The summed E-state index contributed by atoms with van der Waals surface area (Å²) < 4.78 is 5.01. The van der Waals surface area contributed by atoms with Crippen molar-refractivity contribution in [3.05, 3.63) is 0 Å². The summed E-state index contributed by atoms with van der Waals surface area (Å²) in [5.74, 6) is 0.996. The molecule has 1 aliphatic carbocycles. The van der Waals surface area contributed by atoms with E-state index in [0.29, 0.717) is 24.5 Å². The predicted molar refractivity (Wildman–Crippen MR) is 49.3 cm³/mol. The van der Waals surface area contributed by atoms with Crippen LogP contribution in [0.15, 0.2) is 0 Å². The molecule has 0 aromatic heterocycles. The molecule has 2 unspecified atom stereocenters. The number of carbonyl (C=O) groups excluding carboxylic acids is 1. The van der Waals surface area contributed by atoms with Gasteiger partial charge in [-0.3, -0.25) is 4.79 Å². The molecule has 3 nitrogen and oxygen atoms in total. The molecule has 1 amide bonds. The molecule has 1 saturated heterocycles. The van der Waals surface area contributed by atoms with Gasteiger partial charge in [0.05, 0.1) is 6.61 Å². The summed E-state index contributed by atoms with van der Waals surface area (Å²) in [5, 5.41) is 0. The van der Waals surface area contributed by atoms with E-state index in [1.165, 1.54) is 19.3 Å². The van der Waals surface area contributed by atoms with Gasteiger partial charge in [-0.1, -0.05) is 6.42 Å². The van der Waals surface area contributed by atoms with E-state index in [0.717, 1.165) is 13.0 Å². The first-order valence-electron chi connectivity index (χ1n) is 5.11. The number of rotatable bonds is 3. The van der Waals surface area contributed by atoms with E-state index in [4.69, 9.17) is 4.74 Å². The molecule has 0 aromatic carbocycles. The van der Waals surface area contributed by atoms with E-state index in [1.807, 2.05) is 4.90 Å². The molecule has 2 rings (SSSR count). The molecule has 0 N–H and O–H groups in total. The zero-order valence-electron chi connectivity index (χ0n) is 8.16. The van der Waals surface area contributed by atoms with E-state index in [-0.39, 0.29) is 0 Å². The maximum Gasteiger partial charge on any atom is 0.223 e. The minimum absolute atomic E-state index is 0.340. The fourth-order valence-corrected chi connectivity index (χ4v) is 2.67. The first-order chi connectivity index (χ1) is 6.33. The second-order valence-electron chi connectivity index (χ2n) is 4.04. The van der Waals surface area contributed by atoms with Crippen molar-refractivity contribution in [2.24, 2.45) is 5.92 Å². The van der Waals surface area contributed by atoms with Gasteiger partial charge in [-0.2, -0.15) is 0 Å². The van der Waals surface area contributed by atoms with Gasteiger partial charge in [0.25, 0.3) is 0 Å². The van der Waals surface area contributed by atoms with Crippen LogP contribution >= 0.6 is 0 Å². The van der Waals surface area contributed by atoms with Gasteiger partial charge >= 0.3 is 0 Å². The Bertz CT molecular complexity index is 205. The molecule has 1 saturated carbocycles. The molecule has 3 heteroatoms. The molecule has 74 valence electrons. The average Bonchev–Trinajstić information content (AvgIpc) is 2.62. The lowest BCUT2D eigenvalue weighted by Gasteiger charge is -2.23. The van der Waals surface area contributed by atoms with Crippen LogP contribution in [0.4, 0.5) is 0 Å². The van der Waals surface area contributed by atoms with Crippen molar-refractivity contribution in [1.29, 1.82) is 0 Å². The molecular formula is C10H17NO2. The maximum absolute atomic E-state index is 11.6. The van der Waals surface area contributed by atoms with Crippen molar-refractivity contribution >= 4 is 5.91 Å². The van der Waals surface area contributed by atoms with Crippen LogP contribution in [0.25, 0.3) is 0 Å². The second-order valence-corrected chi connectivity index (χ2v) is 4.04.